The molecule has 8 heteroatoms. The zero-order valence-corrected chi connectivity index (χ0v) is 16.8. The van der Waals surface area contributed by atoms with Crippen LogP contribution in [0, 0.1) is 0 Å². The number of benzene rings is 1. The minimum absolute atomic E-state index is 0.118. The van der Waals surface area contributed by atoms with Gasteiger partial charge in [0.05, 0.1) is 20.2 Å². The maximum Gasteiger partial charge on any atom is 0.272 e. The largest absolute Gasteiger partial charge is 0.497 e. The summed E-state index contributed by atoms with van der Waals surface area (Å²) in [6, 6.07) is 7.95. The van der Waals surface area contributed by atoms with Crippen LogP contribution in [0.2, 0.25) is 0 Å². The molecule has 0 saturated carbocycles. The predicted molar refractivity (Wildman–Crippen MR) is 109 cm³/mol. The molecule has 2 N–H and O–H groups in total. The van der Waals surface area contributed by atoms with Gasteiger partial charge >= 0.3 is 0 Å². The number of nitrogens with one attached hydrogen (secondary N) is 2. The molecule has 8 nitrogen and oxygen atoms in total. The van der Waals surface area contributed by atoms with Gasteiger partial charge in [0.2, 0.25) is 0 Å². The van der Waals surface area contributed by atoms with Crippen molar-refractivity contribution >= 4 is 5.91 Å². The van der Waals surface area contributed by atoms with Crippen molar-refractivity contribution in [3.8, 4) is 5.75 Å². The third-order valence-electron chi connectivity index (χ3n) is 5.16. The van der Waals surface area contributed by atoms with Crippen LogP contribution < -0.4 is 10.1 Å². The lowest BCUT2D eigenvalue weighted by Crippen LogP contribution is -2.32. The Hall–Kier alpha value is -3.13. The van der Waals surface area contributed by atoms with Crippen molar-refractivity contribution in [1.82, 2.24) is 30.0 Å². The highest BCUT2D eigenvalue weighted by molar-refractivity contribution is 5.94. The highest BCUT2D eigenvalue weighted by Gasteiger charge is 2.28. The number of H-pyrrole nitrogens is 1. The molecule has 0 fully saturated rings. The zero-order chi connectivity index (χ0) is 20.2. The smallest absolute Gasteiger partial charge is 0.272 e. The first kappa shape index (κ1) is 19.2. The van der Waals surface area contributed by atoms with Crippen LogP contribution >= 0.6 is 0 Å². The van der Waals surface area contributed by atoms with E-state index >= 15 is 0 Å². The molecular formula is C21H26N6O2. The van der Waals surface area contributed by atoms with E-state index in [9.17, 15) is 4.79 Å². The molecule has 152 valence electrons. The van der Waals surface area contributed by atoms with Gasteiger partial charge in [0, 0.05) is 49.7 Å². The first-order valence-electron chi connectivity index (χ1n) is 9.88. The number of carbonyl (C=O) groups excluding carboxylic acids is 1. The number of ether oxygens (including phenoxy) is 1. The number of methoxy groups -OCH3 is 1. The minimum Gasteiger partial charge on any atom is -0.497 e. The van der Waals surface area contributed by atoms with Gasteiger partial charge in [-0.25, -0.2) is 4.98 Å². The van der Waals surface area contributed by atoms with Crippen LogP contribution in [-0.4, -0.2) is 50.8 Å². The van der Waals surface area contributed by atoms with Gasteiger partial charge in [-0.3, -0.25) is 14.4 Å². The van der Waals surface area contributed by atoms with Crippen molar-refractivity contribution in [2.75, 3.05) is 20.2 Å². The standard InChI is InChI=1S/C21H26N6O2/c1-3-22-21(28)20-17-13-26(14-19-23-8-9-24-19)10-7-18(17)27(25-20)12-15-5-4-6-16(11-15)29-2/h4-6,8-9,11H,3,7,10,12-14H2,1-2H3,(H,22,28)(H,23,24). The molecule has 0 bridgehead atoms. The second kappa shape index (κ2) is 8.48. The van der Waals surface area contributed by atoms with Crippen molar-refractivity contribution in [3.05, 3.63) is 65.0 Å². The average Bonchev–Trinajstić information content (AvgIpc) is 3.36. The van der Waals surface area contributed by atoms with Gasteiger partial charge < -0.3 is 15.0 Å². The number of rotatable bonds is 7. The van der Waals surface area contributed by atoms with Crippen LogP contribution in [0.25, 0.3) is 0 Å². The highest BCUT2D eigenvalue weighted by Crippen LogP contribution is 2.25. The van der Waals surface area contributed by atoms with Crippen molar-refractivity contribution < 1.29 is 9.53 Å². The molecule has 1 amide bonds. The Morgan fingerprint density at radius 2 is 2.24 bits per heavy atom. The number of aromatic amines is 1. The lowest BCUT2D eigenvalue weighted by atomic mass is 10.0. The Morgan fingerprint density at radius 1 is 1.34 bits per heavy atom. The lowest BCUT2D eigenvalue weighted by Gasteiger charge is -2.27. The summed E-state index contributed by atoms with van der Waals surface area (Å²) in [4.78, 5) is 22.4. The van der Waals surface area contributed by atoms with Crippen molar-refractivity contribution in [1.29, 1.82) is 0 Å². The third-order valence-corrected chi connectivity index (χ3v) is 5.16. The van der Waals surface area contributed by atoms with Crippen LogP contribution in [-0.2, 0) is 26.1 Å². The van der Waals surface area contributed by atoms with Crippen molar-refractivity contribution in [3.63, 3.8) is 0 Å². The molecule has 3 aromatic rings. The zero-order valence-electron chi connectivity index (χ0n) is 16.8. The van der Waals surface area contributed by atoms with Crippen LogP contribution in [0.1, 0.15) is 40.1 Å². The molecule has 0 saturated heterocycles. The van der Waals surface area contributed by atoms with Gasteiger partial charge in [-0.15, -0.1) is 0 Å². The number of fused-ring (bicyclic) bond motifs is 1. The Labute approximate surface area is 169 Å². The summed E-state index contributed by atoms with van der Waals surface area (Å²) >= 11 is 0. The second-order valence-electron chi connectivity index (χ2n) is 7.14. The Bertz CT molecular complexity index is 979. The molecule has 2 aromatic heterocycles. The molecule has 0 spiro atoms. The molecule has 0 aliphatic carbocycles. The number of carbonyl (C=O) groups is 1. The Kier molecular flexibility index (Phi) is 5.62. The molecule has 0 radical (unpaired) electrons. The summed E-state index contributed by atoms with van der Waals surface area (Å²) in [5.74, 6) is 1.63. The van der Waals surface area contributed by atoms with Gasteiger partial charge in [0.15, 0.2) is 5.69 Å². The second-order valence-corrected chi connectivity index (χ2v) is 7.14. The van der Waals surface area contributed by atoms with Crippen LogP contribution in [0.15, 0.2) is 36.7 Å². The number of hydrogen-bond acceptors (Lipinski definition) is 5. The quantitative estimate of drug-likeness (QED) is 0.640. The van der Waals surface area contributed by atoms with Gasteiger partial charge in [-0.2, -0.15) is 5.10 Å². The topological polar surface area (TPSA) is 88.1 Å². The van der Waals surface area contributed by atoms with Crippen molar-refractivity contribution in [2.45, 2.75) is 33.0 Å². The van der Waals surface area contributed by atoms with Gasteiger partial charge in [0.1, 0.15) is 11.6 Å². The van der Waals surface area contributed by atoms with Crippen LogP contribution in [0.4, 0.5) is 0 Å². The Morgan fingerprint density at radius 3 is 3.00 bits per heavy atom. The van der Waals surface area contributed by atoms with E-state index in [2.05, 4.69) is 26.3 Å². The summed E-state index contributed by atoms with van der Waals surface area (Å²) in [6.45, 7) is 5.40. The number of imidazole rings is 1. The maximum atomic E-state index is 12.7. The lowest BCUT2D eigenvalue weighted by molar-refractivity contribution is 0.0947. The highest BCUT2D eigenvalue weighted by atomic mass is 16.5. The van der Waals surface area contributed by atoms with Crippen molar-refractivity contribution in [2.24, 2.45) is 0 Å². The molecule has 0 atom stereocenters. The van der Waals surface area contributed by atoms with E-state index in [0.29, 0.717) is 25.3 Å². The molecule has 1 aromatic carbocycles. The molecule has 1 aliphatic heterocycles. The van der Waals surface area contributed by atoms with Crippen LogP contribution in [0.3, 0.4) is 0 Å². The number of amides is 1. The summed E-state index contributed by atoms with van der Waals surface area (Å²) in [5.41, 5.74) is 3.76. The van der Waals surface area contributed by atoms with E-state index in [0.717, 1.165) is 47.9 Å². The minimum atomic E-state index is -0.118. The molecule has 1 aliphatic rings. The number of hydrogen-bond donors (Lipinski definition) is 2. The molecule has 0 unspecified atom stereocenters. The van der Waals surface area contributed by atoms with E-state index in [1.54, 1.807) is 13.3 Å². The first-order valence-corrected chi connectivity index (χ1v) is 9.88. The van der Waals surface area contributed by atoms with E-state index in [1.165, 1.54) is 0 Å². The molecule has 4 rings (SSSR count). The fourth-order valence-corrected chi connectivity index (χ4v) is 3.78. The van der Waals surface area contributed by atoms with Crippen LogP contribution in [0.5, 0.6) is 5.75 Å². The van der Waals surface area contributed by atoms with Gasteiger partial charge in [-0.1, -0.05) is 12.1 Å². The predicted octanol–water partition coefficient (Wildman–Crippen LogP) is 1.97. The molecular weight excluding hydrogens is 368 g/mol. The third kappa shape index (κ3) is 4.17. The van der Waals surface area contributed by atoms with Gasteiger partial charge in [-0.05, 0) is 24.6 Å². The summed E-state index contributed by atoms with van der Waals surface area (Å²) in [7, 11) is 1.66. The number of aromatic nitrogens is 4. The Balaban J connectivity index is 1.62. The summed E-state index contributed by atoms with van der Waals surface area (Å²) in [5, 5.41) is 7.60. The van der Waals surface area contributed by atoms with E-state index in [-0.39, 0.29) is 5.91 Å². The average molecular weight is 394 g/mol. The fourth-order valence-electron chi connectivity index (χ4n) is 3.78. The van der Waals surface area contributed by atoms with E-state index in [1.807, 2.05) is 36.0 Å². The first-order chi connectivity index (χ1) is 14.2. The summed E-state index contributed by atoms with van der Waals surface area (Å²) in [6.07, 6.45) is 4.43. The normalized spacial score (nSPS) is 13.9. The maximum absolute atomic E-state index is 12.7. The fraction of sp³-hybridized carbons (Fsp3) is 0.381. The molecule has 29 heavy (non-hydrogen) atoms. The van der Waals surface area contributed by atoms with Gasteiger partial charge in [0.25, 0.3) is 5.91 Å². The van der Waals surface area contributed by atoms with E-state index < -0.39 is 0 Å². The van der Waals surface area contributed by atoms with E-state index in [4.69, 9.17) is 9.84 Å². The monoisotopic (exact) mass is 394 g/mol. The molecule has 3 heterocycles. The number of nitrogens with zero attached hydrogens (tertiary/aromatic N) is 4. The summed E-state index contributed by atoms with van der Waals surface area (Å²) < 4.78 is 7.31. The SMILES string of the molecule is CCNC(=O)c1nn(Cc2cccc(OC)c2)c2c1CN(Cc1ncc[nH]1)CC2.